The van der Waals surface area contributed by atoms with Crippen LogP contribution >= 0.6 is 0 Å². The third kappa shape index (κ3) is 1.88. The molecule has 0 atom stereocenters. The van der Waals surface area contributed by atoms with Gasteiger partial charge in [0, 0.05) is 24.8 Å². The van der Waals surface area contributed by atoms with Crippen LogP contribution in [0.2, 0.25) is 0 Å². The van der Waals surface area contributed by atoms with E-state index < -0.39 is 0 Å². The van der Waals surface area contributed by atoms with E-state index in [2.05, 4.69) is 16.7 Å². The molecule has 1 aromatic rings. The van der Waals surface area contributed by atoms with Gasteiger partial charge in [0.25, 0.3) is 0 Å². The summed E-state index contributed by atoms with van der Waals surface area (Å²) in [5, 5.41) is 6.14. The maximum absolute atomic E-state index is 11.8. The van der Waals surface area contributed by atoms with Gasteiger partial charge in [-0.3, -0.25) is 9.69 Å². The van der Waals surface area contributed by atoms with Crippen LogP contribution in [-0.4, -0.2) is 26.7 Å². The monoisotopic (exact) mass is 219 g/mol. The fourth-order valence-corrected chi connectivity index (χ4v) is 2.05. The number of hydrogen-bond donors (Lipinski definition) is 2. The van der Waals surface area contributed by atoms with Crippen molar-refractivity contribution in [1.82, 2.24) is 5.32 Å². The Morgan fingerprint density at radius 3 is 2.81 bits per heavy atom. The number of benzene rings is 1. The molecule has 4 heteroatoms. The molecule has 0 fully saturated rings. The number of nitrogens with one attached hydrogen (secondary N) is 2. The second-order valence-electron chi connectivity index (χ2n) is 3.93. The Labute approximate surface area is 95.6 Å². The fraction of sp³-hybridized carbons (Fsp3) is 0.417. The predicted octanol–water partition coefficient (Wildman–Crippen LogP) is 1.18. The zero-order valence-electron chi connectivity index (χ0n) is 9.71. The fourth-order valence-electron chi connectivity index (χ4n) is 2.05. The van der Waals surface area contributed by atoms with Gasteiger partial charge in [-0.25, -0.2) is 0 Å². The Morgan fingerprint density at radius 2 is 2.12 bits per heavy atom. The summed E-state index contributed by atoms with van der Waals surface area (Å²) in [5.74, 6) is 0.194. The van der Waals surface area contributed by atoms with Gasteiger partial charge in [0.05, 0.1) is 6.67 Å². The molecule has 1 amide bonds. The third-order valence-electron chi connectivity index (χ3n) is 2.88. The molecule has 86 valence electrons. The molecule has 0 aliphatic carbocycles. The van der Waals surface area contributed by atoms with Gasteiger partial charge in [0.1, 0.15) is 0 Å². The molecule has 2 N–H and O–H groups in total. The van der Waals surface area contributed by atoms with Crippen molar-refractivity contribution in [3.63, 3.8) is 0 Å². The van der Waals surface area contributed by atoms with Crippen molar-refractivity contribution in [2.75, 3.05) is 31.0 Å². The van der Waals surface area contributed by atoms with Gasteiger partial charge in [-0.05, 0) is 37.2 Å². The summed E-state index contributed by atoms with van der Waals surface area (Å²) in [6.45, 7) is 0.574. The Bertz CT molecular complexity index is 403. The van der Waals surface area contributed by atoms with Crippen LogP contribution in [0.25, 0.3) is 0 Å². The average Bonchev–Trinajstić information content (AvgIpc) is 2.32. The molecule has 1 aliphatic heterocycles. The Balaban J connectivity index is 2.36. The van der Waals surface area contributed by atoms with Crippen molar-refractivity contribution < 1.29 is 4.79 Å². The molecule has 0 aromatic heterocycles. The highest BCUT2D eigenvalue weighted by Gasteiger charge is 2.23. The number of nitrogens with zero attached hydrogens (tertiary/aromatic N) is 1. The number of rotatable bonds is 3. The van der Waals surface area contributed by atoms with Crippen LogP contribution in [0.3, 0.4) is 0 Å². The smallest absolute Gasteiger partial charge is 0.228 e. The highest BCUT2D eigenvalue weighted by molar-refractivity contribution is 5.96. The summed E-state index contributed by atoms with van der Waals surface area (Å²) in [7, 11) is 3.75. The van der Waals surface area contributed by atoms with Gasteiger partial charge in [-0.15, -0.1) is 0 Å². The van der Waals surface area contributed by atoms with Gasteiger partial charge < -0.3 is 10.6 Å². The second kappa shape index (κ2) is 4.53. The maximum Gasteiger partial charge on any atom is 0.228 e. The highest BCUT2D eigenvalue weighted by Crippen LogP contribution is 2.29. The largest absolute Gasteiger partial charge is 0.388 e. The topological polar surface area (TPSA) is 44.4 Å². The van der Waals surface area contributed by atoms with Crippen LogP contribution in [0.15, 0.2) is 18.2 Å². The predicted molar refractivity (Wildman–Crippen MR) is 65.7 cm³/mol. The van der Waals surface area contributed by atoms with E-state index in [1.165, 1.54) is 5.56 Å². The lowest BCUT2D eigenvalue weighted by Gasteiger charge is -2.29. The molecule has 0 radical (unpaired) electrons. The van der Waals surface area contributed by atoms with Crippen molar-refractivity contribution in [3.8, 4) is 0 Å². The molecule has 1 heterocycles. The number of anilines is 2. The number of carbonyl (C=O) groups excluding carboxylic acids is 1. The van der Waals surface area contributed by atoms with Crippen molar-refractivity contribution in [2.45, 2.75) is 12.8 Å². The number of hydrogen-bond acceptors (Lipinski definition) is 3. The quantitative estimate of drug-likeness (QED) is 0.802. The lowest BCUT2D eigenvalue weighted by atomic mass is 10.0. The molecule has 0 bridgehead atoms. The average molecular weight is 219 g/mol. The third-order valence-corrected chi connectivity index (χ3v) is 2.88. The van der Waals surface area contributed by atoms with E-state index in [0.717, 1.165) is 17.8 Å². The van der Waals surface area contributed by atoms with Crippen molar-refractivity contribution >= 4 is 17.3 Å². The molecule has 0 unspecified atom stereocenters. The van der Waals surface area contributed by atoms with E-state index in [1.807, 2.05) is 26.2 Å². The van der Waals surface area contributed by atoms with Crippen molar-refractivity contribution in [3.05, 3.63) is 23.8 Å². The standard InChI is InChI=1S/C12H17N3O/c1-13-8-15-11-5-4-10(14-2)7-9(11)3-6-12(15)16/h4-5,7,13-14H,3,6,8H2,1-2H3. The Kier molecular flexibility index (Phi) is 3.10. The minimum Gasteiger partial charge on any atom is -0.388 e. The van der Waals surface area contributed by atoms with E-state index in [4.69, 9.17) is 0 Å². The van der Waals surface area contributed by atoms with Crippen LogP contribution in [0.1, 0.15) is 12.0 Å². The van der Waals surface area contributed by atoms with Crippen LogP contribution < -0.4 is 15.5 Å². The van der Waals surface area contributed by atoms with Crippen molar-refractivity contribution in [2.24, 2.45) is 0 Å². The van der Waals surface area contributed by atoms with Gasteiger partial charge in [-0.2, -0.15) is 0 Å². The van der Waals surface area contributed by atoms with Gasteiger partial charge in [-0.1, -0.05) is 0 Å². The SMILES string of the molecule is CNCN1C(=O)CCc2cc(NC)ccc21. The zero-order chi connectivity index (χ0) is 11.5. The molecule has 16 heavy (non-hydrogen) atoms. The van der Waals surface area contributed by atoms with Crippen molar-refractivity contribution in [1.29, 1.82) is 0 Å². The molecular weight excluding hydrogens is 202 g/mol. The molecular formula is C12H17N3O. The van der Waals surface area contributed by atoms with E-state index in [9.17, 15) is 4.79 Å². The summed E-state index contributed by atoms with van der Waals surface area (Å²) in [6.07, 6.45) is 1.44. The summed E-state index contributed by atoms with van der Waals surface area (Å²) in [4.78, 5) is 13.6. The van der Waals surface area contributed by atoms with Crippen LogP contribution in [0.4, 0.5) is 11.4 Å². The first-order chi connectivity index (χ1) is 7.76. The number of fused-ring (bicyclic) bond motifs is 1. The van der Waals surface area contributed by atoms with E-state index >= 15 is 0 Å². The second-order valence-corrected chi connectivity index (χ2v) is 3.93. The summed E-state index contributed by atoms with van der Waals surface area (Å²) >= 11 is 0. The van der Waals surface area contributed by atoms with E-state index in [1.54, 1.807) is 4.90 Å². The van der Waals surface area contributed by atoms with Gasteiger partial charge in [0.15, 0.2) is 0 Å². The lowest BCUT2D eigenvalue weighted by molar-refractivity contribution is -0.119. The number of carbonyl (C=O) groups is 1. The zero-order valence-corrected chi connectivity index (χ0v) is 9.71. The lowest BCUT2D eigenvalue weighted by Crippen LogP contribution is -2.40. The first-order valence-corrected chi connectivity index (χ1v) is 5.52. The first kappa shape index (κ1) is 11.0. The molecule has 4 nitrogen and oxygen atoms in total. The Morgan fingerprint density at radius 1 is 1.31 bits per heavy atom. The molecule has 1 aromatic carbocycles. The summed E-state index contributed by atoms with van der Waals surface area (Å²) in [5.41, 5.74) is 3.36. The van der Waals surface area contributed by atoms with Gasteiger partial charge >= 0.3 is 0 Å². The van der Waals surface area contributed by atoms with Crippen LogP contribution in [-0.2, 0) is 11.2 Å². The van der Waals surface area contributed by atoms with E-state index in [-0.39, 0.29) is 5.91 Å². The minimum atomic E-state index is 0.194. The highest BCUT2D eigenvalue weighted by atomic mass is 16.2. The number of aryl methyl sites for hydroxylation is 1. The normalized spacial score (nSPS) is 14.9. The summed E-state index contributed by atoms with van der Waals surface area (Å²) < 4.78 is 0. The van der Waals surface area contributed by atoms with E-state index in [0.29, 0.717) is 13.1 Å². The minimum absolute atomic E-state index is 0.194. The first-order valence-electron chi connectivity index (χ1n) is 5.52. The molecule has 1 aliphatic rings. The van der Waals surface area contributed by atoms with Crippen LogP contribution in [0, 0.1) is 0 Å². The molecule has 0 saturated carbocycles. The summed E-state index contributed by atoms with van der Waals surface area (Å²) in [6, 6.07) is 6.13. The molecule has 0 saturated heterocycles. The Hall–Kier alpha value is -1.55. The van der Waals surface area contributed by atoms with Gasteiger partial charge in [0.2, 0.25) is 5.91 Å². The molecule has 0 spiro atoms. The van der Waals surface area contributed by atoms with Crippen LogP contribution in [0.5, 0.6) is 0 Å². The molecule has 2 rings (SSSR count). The maximum atomic E-state index is 11.8. The number of amides is 1.